The summed E-state index contributed by atoms with van der Waals surface area (Å²) in [6.07, 6.45) is 0. The van der Waals surface area contributed by atoms with Crippen molar-refractivity contribution in [2.45, 2.75) is 19.3 Å². The maximum absolute atomic E-state index is 15.3. The number of hydrogen-bond acceptors (Lipinski definition) is 9. The molecule has 3 heterocycles. The van der Waals surface area contributed by atoms with E-state index in [-0.39, 0.29) is 30.1 Å². The Kier molecular flexibility index (Phi) is 7.91. The third-order valence-corrected chi connectivity index (χ3v) is 8.53. The molecule has 12 heteroatoms. The Morgan fingerprint density at radius 3 is 1.88 bits per heavy atom. The number of ether oxygens (including phenoxy) is 2. The summed E-state index contributed by atoms with van der Waals surface area (Å²) in [6.45, 7) is 2.44. The predicted molar refractivity (Wildman–Crippen MR) is 182 cm³/mol. The number of amides is 2. The van der Waals surface area contributed by atoms with Crippen LogP contribution in [-0.4, -0.2) is 52.3 Å². The molecule has 7 rings (SSSR count). The number of rotatable bonds is 7. The van der Waals surface area contributed by atoms with E-state index >= 15 is 9.59 Å². The molecule has 248 valence electrons. The number of ketones is 1. The zero-order chi connectivity index (χ0) is 35.2. The molecule has 2 aliphatic heterocycles. The monoisotopic (exact) mass is 668 g/mol. The summed E-state index contributed by atoms with van der Waals surface area (Å²) < 4.78 is 11.9. The molecular formula is C38H28N4O8. The van der Waals surface area contributed by atoms with Crippen molar-refractivity contribution in [2.24, 2.45) is 0 Å². The number of nitrogens with zero attached hydrogens (tertiary/aromatic N) is 4. The molecule has 1 atom stereocenters. The fourth-order valence-corrected chi connectivity index (χ4v) is 6.42. The van der Waals surface area contributed by atoms with Crippen LogP contribution in [0.3, 0.4) is 0 Å². The largest absolute Gasteiger partial charge is 0.465 e. The lowest BCUT2D eigenvalue weighted by Gasteiger charge is -2.44. The molecule has 0 aliphatic carbocycles. The molecule has 1 aromatic heterocycles. The van der Waals surface area contributed by atoms with Gasteiger partial charge in [-0.3, -0.25) is 33.5 Å². The number of Topliss-reactive ketones (excluding diaryl/α,β-unsaturated/α-hetero) is 1. The van der Waals surface area contributed by atoms with Gasteiger partial charge in [0, 0.05) is 11.4 Å². The number of carbonyl (C=O) groups is 5. The van der Waals surface area contributed by atoms with Gasteiger partial charge in [-0.05, 0) is 62.4 Å². The van der Waals surface area contributed by atoms with Gasteiger partial charge in [-0.25, -0.2) is 14.6 Å². The molecule has 4 aromatic carbocycles. The van der Waals surface area contributed by atoms with Gasteiger partial charge < -0.3 is 9.47 Å². The van der Waals surface area contributed by atoms with Crippen LogP contribution in [0.4, 0.5) is 17.1 Å². The van der Waals surface area contributed by atoms with Crippen molar-refractivity contribution in [3.63, 3.8) is 0 Å². The predicted octanol–water partition coefficient (Wildman–Crippen LogP) is 4.30. The Morgan fingerprint density at radius 2 is 1.24 bits per heavy atom. The number of benzene rings is 4. The van der Waals surface area contributed by atoms with Crippen molar-refractivity contribution in [3.8, 4) is 5.69 Å². The summed E-state index contributed by atoms with van der Waals surface area (Å²) in [4.78, 5) is 94.6. The number of fused-ring (bicyclic) bond motifs is 4. The van der Waals surface area contributed by atoms with Crippen LogP contribution < -0.4 is 15.4 Å². The Bertz CT molecular complexity index is 2330. The molecule has 0 saturated carbocycles. The van der Waals surface area contributed by atoms with E-state index in [2.05, 4.69) is 4.98 Å². The Morgan fingerprint density at radius 1 is 0.680 bits per heavy atom. The number of esters is 2. The number of hydrogen-bond donors (Lipinski definition) is 0. The lowest BCUT2D eigenvalue weighted by atomic mass is 9.71. The van der Waals surface area contributed by atoms with Crippen LogP contribution in [0.2, 0.25) is 0 Å². The molecule has 12 nitrogen and oxygen atoms in total. The van der Waals surface area contributed by atoms with Crippen LogP contribution in [0.25, 0.3) is 16.7 Å². The highest BCUT2D eigenvalue weighted by Gasteiger charge is 2.67. The summed E-state index contributed by atoms with van der Waals surface area (Å²) in [6, 6.07) is 29.7. The van der Waals surface area contributed by atoms with Gasteiger partial charge in [-0.15, -0.1) is 0 Å². The second-order valence-electron chi connectivity index (χ2n) is 11.3. The lowest BCUT2D eigenvalue weighted by molar-refractivity contribution is -0.158. The maximum atomic E-state index is 15.3. The van der Waals surface area contributed by atoms with E-state index in [9.17, 15) is 19.2 Å². The third kappa shape index (κ3) is 4.56. The second-order valence-corrected chi connectivity index (χ2v) is 11.3. The second kappa shape index (κ2) is 12.4. The fraction of sp³-hybridized carbons (Fsp3) is 0.132. The quantitative estimate of drug-likeness (QED) is 0.141. The van der Waals surface area contributed by atoms with E-state index in [1.165, 1.54) is 29.4 Å². The summed E-state index contributed by atoms with van der Waals surface area (Å²) in [5.41, 5.74) is -5.01. The molecule has 0 saturated heterocycles. The number of para-hydroxylation sites is 6. The van der Waals surface area contributed by atoms with Gasteiger partial charge in [0.1, 0.15) is 17.0 Å². The summed E-state index contributed by atoms with van der Waals surface area (Å²) in [5, 5.41) is 0. The molecule has 5 aromatic rings. The number of aromatic nitrogens is 2. The molecule has 0 fully saturated rings. The maximum Gasteiger partial charge on any atom is 0.344 e. The average molecular weight is 669 g/mol. The first-order valence-electron chi connectivity index (χ1n) is 15.8. The van der Waals surface area contributed by atoms with Crippen molar-refractivity contribution in [1.29, 1.82) is 0 Å². The Labute approximate surface area is 284 Å². The van der Waals surface area contributed by atoms with Crippen LogP contribution in [0.5, 0.6) is 0 Å². The van der Waals surface area contributed by atoms with Crippen molar-refractivity contribution in [2.75, 3.05) is 23.0 Å². The molecule has 2 amide bonds. The highest BCUT2D eigenvalue weighted by molar-refractivity contribution is 6.46. The van der Waals surface area contributed by atoms with Crippen LogP contribution in [0.1, 0.15) is 19.5 Å². The number of anilines is 3. The minimum absolute atomic E-state index is 0.0584. The topological polar surface area (TPSA) is 145 Å². The molecule has 2 aliphatic rings. The molecule has 0 N–H and O–H groups in total. The van der Waals surface area contributed by atoms with Crippen molar-refractivity contribution >= 4 is 57.6 Å². The first-order valence-corrected chi connectivity index (χ1v) is 15.8. The molecule has 0 bridgehead atoms. The van der Waals surface area contributed by atoms with Crippen molar-refractivity contribution in [3.05, 3.63) is 137 Å². The molecule has 0 radical (unpaired) electrons. The Balaban J connectivity index is 1.62. The van der Waals surface area contributed by atoms with Crippen molar-refractivity contribution in [1.82, 2.24) is 9.55 Å². The molecule has 50 heavy (non-hydrogen) atoms. The van der Waals surface area contributed by atoms with Gasteiger partial charge in [0.25, 0.3) is 22.8 Å². The van der Waals surface area contributed by atoms with Gasteiger partial charge in [-0.2, -0.15) is 0 Å². The van der Waals surface area contributed by atoms with E-state index in [0.29, 0.717) is 16.9 Å². The van der Waals surface area contributed by atoms with Gasteiger partial charge in [0.05, 0.1) is 35.6 Å². The van der Waals surface area contributed by atoms with E-state index in [1.54, 1.807) is 103 Å². The van der Waals surface area contributed by atoms with E-state index in [0.717, 1.165) is 4.90 Å². The van der Waals surface area contributed by atoms with Gasteiger partial charge >= 0.3 is 11.9 Å². The van der Waals surface area contributed by atoms with E-state index < -0.39 is 57.5 Å². The molecular weight excluding hydrogens is 640 g/mol. The number of carbonyl (C=O) groups excluding carboxylic acids is 5. The van der Waals surface area contributed by atoms with Gasteiger partial charge in [0.2, 0.25) is 5.78 Å². The summed E-state index contributed by atoms with van der Waals surface area (Å²) >= 11 is 0. The lowest BCUT2D eigenvalue weighted by Crippen LogP contribution is -2.66. The van der Waals surface area contributed by atoms with Crippen LogP contribution >= 0.6 is 0 Å². The van der Waals surface area contributed by atoms with E-state index in [4.69, 9.17) is 9.47 Å². The minimum atomic E-state index is -3.17. The third-order valence-electron chi connectivity index (χ3n) is 8.53. The zero-order valence-electron chi connectivity index (χ0n) is 26.9. The smallest absolute Gasteiger partial charge is 0.344 e. The highest BCUT2D eigenvalue weighted by atomic mass is 16.5. The summed E-state index contributed by atoms with van der Waals surface area (Å²) in [5.74, 6) is -6.40. The zero-order valence-corrected chi connectivity index (χ0v) is 26.9. The average Bonchev–Trinajstić information content (AvgIpc) is 3.13. The fourth-order valence-electron chi connectivity index (χ4n) is 6.42. The normalized spacial score (nSPS) is 17.0. The van der Waals surface area contributed by atoms with E-state index in [1.807, 2.05) is 0 Å². The summed E-state index contributed by atoms with van der Waals surface area (Å²) in [7, 11) is 0. The standard InChI is InChI=1S/C38H28N4O8/c1-3-49-35(46)29-30-33(44)41(24-17-9-6-10-18-24)27-21-13-14-22-28(27)42(30)36(47)38(32(29)43,37(48)50-4-2)31-34(45)40(23-15-7-5-8-16-23)26-20-12-11-19-25(26)39-31/h5-22H,3-4H2,1-2H3. The minimum Gasteiger partial charge on any atom is -0.465 e. The van der Waals surface area contributed by atoms with Gasteiger partial charge in [-0.1, -0.05) is 60.7 Å². The first-order chi connectivity index (χ1) is 24.3. The van der Waals surface area contributed by atoms with Crippen LogP contribution in [-0.2, 0) is 38.9 Å². The first kappa shape index (κ1) is 31.9. The van der Waals surface area contributed by atoms with Crippen LogP contribution in [0.15, 0.2) is 125 Å². The highest BCUT2D eigenvalue weighted by Crippen LogP contribution is 2.48. The van der Waals surface area contributed by atoms with Crippen molar-refractivity contribution < 1.29 is 33.4 Å². The molecule has 0 spiro atoms. The van der Waals surface area contributed by atoms with Gasteiger partial charge in [0.15, 0.2) is 0 Å². The van der Waals surface area contributed by atoms with Crippen LogP contribution in [0, 0.1) is 0 Å². The molecule has 1 unspecified atom stereocenters. The SMILES string of the molecule is CCOC(=O)C1=C2C(=O)N(c3ccccc3)c3ccccc3N2C(=O)C(C(=O)OCC)(c2nc3ccccc3n(-c3ccccc3)c2=O)C1=O. The Hall–Kier alpha value is -6.69.